The SMILES string of the molecule is CC(C)c1cc(C(=O)N2CCCN3C(=O)c4ccccc4C23)on1. The van der Waals surface area contributed by atoms with Gasteiger partial charge < -0.3 is 14.3 Å². The summed E-state index contributed by atoms with van der Waals surface area (Å²) in [7, 11) is 0. The van der Waals surface area contributed by atoms with Crippen LogP contribution >= 0.6 is 0 Å². The molecular formula is C18H19N3O3. The van der Waals surface area contributed by atoms with Gasteiger partial charge in [0.1, 0.15) is 6.17 Å². The standard InChI is InChI=1S/C18H19N3O3/c1-11(2)14-10-15(24-19-14)18(23)21-9-5-8-20-16(21)12-6-3-4-7-13(12)17(20)22/h3-4,6-7,10-11,16H,5,8-9H2,1-2H3. The van der Waals surface area contributed by atoms with E-state index in [1.165, 1.54) is 0 Å². The van der Waals surface area contributed by atoms with Crippen LogP contribution in [-0.2, 0) is 0 Å². The number of nitrogens with zero attached hydrogens (tertiary/aromatic N) is 3. The molecule has 6 nitrogen and oxygen atoms in total. The number of benzene rings is 1. The van der Waals surface area contributed by atoms with Gasteiger partial charge in [-0.3, -0.25) is 9.59 Å². The van der Waals surface area contributed by atoms with Crippen molar-refractivity contribution in [1.82, 2.24) is 15.0 Å². The van der Waals surface area contributed by atoms with Gasteiger partial charge in [-0.1, -0.05) is 37.2 Å². The van der Waals surface area contributed by atoms with Gasteiger partial charge in [0.2, 0.25) is 5.76 Å². The lowest BCUT2D eigenvalue weighted by Gasteiger charge is -2.39. The van der Waals surface area contributed by atoms with Gasteiger partial charge in [0.05, 0.1) is 5.69 Å². The molecule has 1 atom stereocenters. The summed E-state index contributed by atoms with van der Waals surface area (Å²) < 4.78 is 5.26. The zero-order chi connectivity index (χ0) is 16.8. The Morgan fingerprint density at radius 3 is 2.83 bits per heavy atom. The van der Waals surface area contributed by atoms with Crippen LogP contribution < -0.4 is 0 Å². The molecule has 0 saturated carbocycles. The molecule has 24 heavy (non-hydrogen) atoms. The Labute approximate surface area is 140 Å². The van der Waals surface area contributed by atoms with E-state index in [1.54, 1.807) is 15.9 Å². The average molecular weight is 325 g/mol. The Kier molecular flexibility index (Phi) is 3.40. The van der Waals surface area contributed by atoms with Crippen LogP contribution in [0.2, 0.25) is 0 Å². The van der Waals surface area contributed by atoms with Gasteiger partial charge in [0.25, 0.3) is 11.8 Å². The molecule has 1 saturated heterocycles. The summed E-state index contributed by atoms with van der Waals surface area (Å²) in [6.45, 7) is 5.26. The van der Waals surface area contributed by atoms with Gasteiger partial charge in [-0.15, -0.1) is 0 Å². The lowest BCUT2D eigenvalue weighted by Crippen LogP contribution is -2.48. The van der Waals surface area contributed by atoms with E-state index in [0.717, 1.165) is 17.7 Å². The maximum absolute atomic E-state index is 12.9. The largest absolute Gasteiger partial charge is 0.351 e. The second kappa shape index (κ2) is 5.47. The number of carbonyl (C=O) groups excluding carboxylic acids is 2. The van der Waals surface area contributed by atoms with Crippen molar-refractivity contribution in [3.8, 4) is 0 Å². The van der Waals surface area contributed by atoms with Crippen molar-refractivity contribution in [1.29, 1.82) is 0 Å². The minimum absolute atomic E-state index is 0.00598. The highest BCUT2D eigenvalue weighted by Crippen LogP contribution is 2.39. The molecule has 2 aromatic rings. The van der Waals surface area contributed by atoms with Crippen molar-refractivity contribution in [2.24, 2.45) is 0 Å². The van der Waals surface area contributed by atoms with E-state index >= 15 is 0 Å². The summed E-state index contributed by atoms with van der Waals surface area (Å²) in [6.07, 6.45) is 0.412. The summed E-state index contributed by atoms with van der Waals surface area (Å²) in [5.74, 6) is 0.210. The molecule has 4 rings (SSSR count). The Morgan fingerprint density at radius 2 is 2.08 bits per heavy atom. The van der Waals surface area contributed by atoms with Crippen molar-refractivity contribution >= 4 is 11.8 Å². The maximum Gasteiger partial charge on any atom is 0.294 e. The first kappa shape index (κ1) is 14.9. The van der Waals surface area contributed by atoms with Crippen molar-refractivity contribution in [3.63, 3.8) is 0 Å². The molecule has 1 aromatic carbocycles. The summed E-state index contributed by atoms with van der Waals surface area (Å²) >= 11 is 0. The molecule has 2 aliphatic rings. The molecule has 124 valence electrons. The fourth-order valence-corrected chi connectivity index (χ4v) is 3.46. The number of hydrogen-bond acceptors (Lipinski definition) is 4. The van der Waals surface area contributed by atoms with Crippen LogP contribution in [0.15, 0.2) is 34.9 Å². The molecule has 1 aromatic heterocycles. The third-order valence-electron chi connectivity index (χ3n) is 4.71. The number of rotatable bonds is 2. The smallest absolute Gasteiger partial charge is 0.294 e. The Bertz CT molecular complexity index is 811. The molecule has 2 aliphatic heterocycles. The Balaban J connectivity index is 1.70. The topological polar surface area (TPSA) is 66.7 Å². The highest BCUT2D eigenvalue weighted by Gasteiger charge is 2.44. The van der Waals surface area contributed by atoms with Crippen LogP contribution in [0.3, 0.4) is 0 Å². The molecule has 2 amide bonds. The first-order chi connectivity index (χ1) is 11.6. The van der Waals surface area contributed by atoms with Gasteiger partial charge in [-0.25, -0.2) is 0 Å². The number of amides is 2. The second-order valence-electron chi connectivity index (χ2n) is 6.58. The van der Waals surface area contributed by atoms with E-state index in [0.29, 0.717) is 18.7 Å². The lowest BCUT2D eigenvalue weighted by atomic mass is 10.1. The van der Waals surface area contributed by atoms with E-state index in [2.05, 4.69) is 5.16 Å². The summed E-state index contributed by atoms with van der Waals surface area (Å²) in [4.78, 5) is 29.0. The Morgan fingerprint density at radius 1 is 1.29 bits per heavy atom. The van der Waals surface area contributed by atoms with Crippen molar-refractivity contribution in [3.05, 3.63) is 52.9 Å². The number of fused-ring (bicyclic) bond motifs is 3. The van der Waals surface area contributed by atoms with Crippen LogP contribution in [0.1, 0.15) is 64.5 Å². The van der Waals surface area contributed by atoms with E-state index in [4.69, 9.17) is 4.52 Å². The van der Waals surface area contributed by atoms with Gasteiger partial charge in [-0.05, 0) is 18.4 Å². The number of carbonyl (C=O) groups is 2. The first-order valence-electron chi connectivity index (χ1n) is 8.25. The average Bonchev–Trinajstić information content (AvgIpc) is 3.19. The normalized spacial score (nSPS) is 19.6. The Hall–Kier alpha value is -2.63. The monoisotopic (exact) mass is 325 g/mol. The molecule has 6 heteroatoms. The molecule has 0 radical (unpaired) electrons. The van der Waals surface area contributed by atoms with Crippen molar-refractivity contribution < 1.29 is 14.1 Å². The zero-order valence-electron chi connectivity index (χ0n) is 13.7. The summed E-state index contributed by atoms with van der Waals surface area (Å²) in [5.41, 5.74) is 2.33. The molecule has 0 aliphatic carbocycles. The van der Waals surface area contributed by atoms with Gasteiger partial charge >= 0.3 is 0 Å². The van der Waals surface area contributed by atoms with E-state index in [9.17, 15) is 9.59 Å². The second-order valence-corrected chi connectivity index (χ2v) is 6.58. The molecule has 0 spiro atoms. The van der Waals surface area contributed by atoms with Crippen LogP contribution in [0, 0.1) is 0 Å². The van der Waals surface area contributed by atoms with E-state index in [-0.39, 0.29) is 29.7 Å². The minimum atomic E-state index is -0.345. The summed E-state index contributed by atoms with van der Waals surface area (Å²) in [5, 5.41) is 3.97. The van der Waals surface area contributed by atoms with Crippen molar-refractivity contribution in [2.75, 3.05) is 13.1 Å². The third-order valence-corrected chi connectivity index (χ3v) is 4.71. The van der Waals surface area contributed by atoms with Crippen LogP contribution in [0.25, 0.3) is 0 Å². The van der Waals surface area contributed by atoms with E-state index < -0.39 is 0 Å². The highest BCUT2D eigenvalue weighted by atomic mass is 16.5. The lowest BCUT2D eigenvalue weighted by molar-refractivity contribution is 0.0141. The van der Waals surface area contributed by atoms with Gasteiger partial charge in [-0.2, -0.15) is 0 Å². The van der Waals surface area contributed by atoms with Crippen LogP contribution in [-0.4, -0.2) is 39.9 Å². The molecule has 0 bridgehead atoms. The van der Waals surface area contributed by atoms with Crippen LogP contribution in [0.4, 0.5) is 0 Å². The number of aromatic nitrogens is 1. The summed E-state index contributed by atoms with van der Waals surface area (Å²) in [6, 6.07) is 9.20. The number of hydrogen-bond donors (Lipinski definition) is 0. The predicted octanol–water partition coefficient (Wildman–Crippen LogP) is 2.80. The molecule has 1 unspecified atom stereocenters. The molecule has 1 fully saturated rings. The van der Waals surface area contributed by atoms with Gasteiger partial charge in [0, 0.05) is 30.3 Å². The van der Waals surface area contributed by atoms with Gasteiger partial charge in [0.15, 0.2) is 0 Å². The first-order valence-corrected chi connectivity index (χ1v) is 8.25. The molecule has 0 N–H and O–H groups in total. The highest BCUT2D eigenvalue weighted by molar-refractivity contribution is 6.00. The third kappa shape index (κ3) is 2.13. The fourth-order valence-electron chi connectivity index (χ4n) is 3.46. The van der Waals surface area contributed by atoms with E-state index in [1.807, 2.05) is 38.1 Å². The quantitative estimate of drug-likeness (QED) is 0.851. The minimum Gasteiger partial charge on any atom is -0.351 e. The molecule has 3 heterocycles. The predicted molar refractivity (Wildman–Crippen MR) is 86.5 cm³/mol. The van der Waals surface area contributed by atoms with Crippen LogP contribution in [0.5, 0.6) is 0 Å². The maximum atomic E-state index is 12.9. The fraction of sp³-hybridized carbons (Fsp3) is 0.389. The zero-order valence-corrected chi connectivity index (χ0v) is 13.7. The van der Waals surface area contributed by atoms with Crippen molar-refractivity contribution in [2.45, 2.75) is 32.4 Å². The molecular weight excluding hydrogens is 306 g/mol.